The van der Waals surface area contributed by atoms with Crippen molar-refractivity contribution in [1.82, 2.24) is 5.32 Å². The summed E-state index contributed by atoms with van der Waals surface area (Å²) < 4.78 is 22.9. The second-order valence-electron chi connectivity index (χ2n) is 5.09. The van der Waals surface area contributed by atoms with Gasteiger partial charge in [0.2, 0.25) is 0 Å². The smallest absolute Gasteiger partial charge is 0.150 e. The van der Waals surface area contributed by atoms with Crippen LogP contribution in [0, 0.1) is 5.92 Å². The third-order valence-corrected chi connectivity index (χ3v) is 5.64. The largest absolute Gasteiger partial charge is 0.314 e. The van der Waals surface area contributed by atoms with E-state index in [1.54, 1.807) is 6.92 Å². The Balaban J connectivity index is 2.34. The summed E-state index contributed by atoms with van der Waals surface area (Å²) in [6.45, 7) is 4.85. The molecule has 1 aliphatic carbocycles. The van der Waals surface area contributed by atoms with Crippen molar-refractivity contribution < 1.29 is 8.42 Å². The van der Waals surface area contributed by atoms with Gasteiger partial charge in [0.05, 0.1) is 5.75 Å². The molecule has 4 heteroatoms. The molecule has 0 saturated heterocycles. The molecule has 0 aliphatic heterocycles. The first kappa shape index (κ1) is 15.0. The van der Waals surface area contributed by atoms with Gasteiger partial charge in [-0.2, -0.15) is 0 Å². The van der Waals surface area contributed by atoms with Crippen LogP contribution in [-0.4, -0.2) is 32.5 Å². The minimum absolute atomic E-state index is 0.280. The molecule has 0 aromatic carbocycles. The lowest BCUT2D eigenvalue weighted by Gasteiger charge is -2.24. The maximum absolute atomic E-state index is 11.4. The molecule has 17 heavy (non-hydrogen) atoms. The molecule has 1 saturated carbocycles. The fourth-order valence-corrected chi connectivity index (χ4v) is 3.69. The molecule has 0 aromatic rings. The van der Waals surface area contributed by atoms with E-state index in [1.807, 2.05) is 0 Å². The van der Waals surface area contributed by atoms with Gasteiger partial charge in [0, 0.05) is 11.8 Å². The Morgan fingerprint density at radius 3 is 2.41 bits per heavy atom. The van der Waals surface area contributed by atoms with Crippen molar-refractivity contribution in [2.75, 3.05) is 18.1 Å². The highest BCUT2D eigenvalue weighted by atomic mass is 32.2. The lowest BCUT2D eigenvalue weighted by Crippen LogP contribution is -2.35. The van der Waals surface area contributed by atoms with Crippen molar-refractivity contribution in [2.24, 2.45) is 5.92 Å². The number of hydrogen-bond acceptors (Lipinski definition) is 3. The Morgan fingerprint density at radius 2 is 1.88 bits per heavy atom. The summed E-state index contributed by atoms with van der Waals surface area (Å²) in [6.07, 6.45) is 7.15. The molecule has 0 heterocycles. The summed E-state index contributed by atoms with van der Waals surface area (Å²) in [7, 11) is -2.78. The Morgan fingerprint density at radius 1 is 1.24 bits per heavy atom. The van der Waals surface area contributed by atoms with E-state index in [2.05, 4.69) is 12.2 Å². The minimum atomic E-state index is -2.78. The summed E-state index contributed by atoms with van der Waals surface area (Å²) in [6, 6.07) is 0.537. The second-order valence-corrected chi connectivity index (χ2v) is 7.56. The van der Waals surface area contributed by atoms with Crippen LogP contribution < -0.4 is 5.32 Å². The van der Waals surface area contributed by atoms with Crippen LogP contribution in [0.4, 0.5) is 0 Å². The van der Waals surface area contributed by atoms with Gasteiger partial charge >= 0.3 is 0 Å². The van der Waals surface area contributed by atoms with Crippen molar-refractivity contribution in [1.29, 1.82) is 0 Å². The first-order valence-electron chi connectivity index (χ1n) is 7.03. The molecule has 3 nitrogen and oxygen atoms in total. The first-order chi connectivity index (χ1) is 8.09. The van der Waals surface area contributed by atoms with E-state index >= 15 is 0 Å². The Bertz CT molecular complexity index is 295. The topological polar surface area (TPSA) is 46.2 Å². The van der Waals surface area contributed by atoms with Crippen LogP contribution >= 0.6 is 0 Å². The normalized spacial score (nSPS) is 19.6. The zero-order valence-corrected chi connectivity index (χ0v) is 12.1. The molecular weight excluding hydrogens is 234 g/mol. The molecule has 1 unspecified atom stereocenters. The van der Waals surface area contributed by atoms with Crippen LogP contribution in [0.25, 0.3) is 0 Å². The molecule has 0 bridgehead atoms. The predicted molar refractivity (Wildman–Crippen MR) is 73.0 cm³/mol. The van der Waals surface area contributed by atoms with E-state index in [1.165, 1.54) is 25.7 Å². The van der Waals surface area contributed by atoms with Gasteiger partial charge in [0.1, 0.15) is 9.84 Å². The molecule has 0 radical (unpaired) electrons. The fraction of sp³-hybridized carbons (Fsp3) is 1.00. The SMILES string of the molecule is CCNC(CCCS(=O)(=O)CC)C1CCCC1. The van der Waals surface area contributed by atoms with Gasteiger partial charge in [-0.15, -0.1) is 0 Å². The standard InChI is InChI=1S/C13H27NO2S/c1-3-14-13(12-8-5-6-9-12)10-7-11-17(15,16)4-2/h12-14H,3-11H2,1-2H3. The van der Waals surface area contributed by atoms with Crippen molar-refractivity contribution in [3.63, 3.8) is 0 Å². The van der Waals surface area contributed by atoms with E-state index in [0.29, 0.717) is 11.8 Å². The monoisotopic (exact) mass is 261 g/mol. The van der Waals surface area contributed by atoms with Gasteiger partial charge in [-0.1, -0.05) is 26.7 Å². The van der Waals surface area contributed by atoms with Crippen molar-refractivity contribution in [3.05, 3.63) is 0 Å². The number of sulfone groups is 1. The summed E-state index contributed by atoms with van der Waals surface area (Å²) in [5.74, 6) is 1.42. The molecule has 1 N–H and O–H groups in total. The second kappa shape index (κ2) is 7.37. The van der Waals surface area contributed by atoms with Gasteiger partial charge in [0.25, 0.3) is 0 Å². The van der Waals surface area contributed by atoms with E-state index in [4.69, 9.17) is 0 Å². The lowest BCUT2D eigenvalue weighted by atomic mass is 9.94. The van der Waals surface area contributed by atoms with E-state index in [0.717, 1.165) is 25.3 Å². The zero-order valence-electron chi connectivity index (χ0n) is 11.2. The van der Waals surface area contributed by atoms with Gasteiger partial charge in [-0.05, 0) is 38.1 Å². The lowest BCUT2D eigenvalue weighted by molar-refractivity contribution is 0.343. The quantitative estimate of drug-likeness (QED) is 0.729. The Labute approximate surface area is 106 Å². The molecule has 1 aliphatic rings. The van der Waals surface area contributed by atoms with Crippen LogP contribution in [-0.2, 0) is 9.84 Å². The Kier molecular flexibility index (Phi) is 6.49. The molecule has 0 aromatic heterocycles. The van der Waals surface area contributed by atoms with E-state index < -0.39 is 9.84 Å². The molecule has 102 valence electrons. The van der Waals surface area contributed by atoms with Crippen LogP contribution in [0.1, 0.15) is 52.4 Å². The molecular formula is C13H27NO2S. The summed E-state index contributed by atoms with van der Waals surface area (Å²) in [5.41, 5.74) is 0. The van der Waals surface area contributed by atoms with Gasteiger partial charge in [-0.25, -0.2) is 8.42 Å². The van der Waals surface area contributed by atoms with Crippen LogP contribution in [0.5, 0.6) is 0 Å². The summed E-state index contributed by atoms with van der Waals surface area (Å²) in [5, 5.41) is 3.53. The van der Waals surface area contributed by atoms with Crippen LogP contribution in [0.15, 0.2) is 0 Å². The maximum atomic E-state index is 11.4. The molecule has 0 spiro atoms. The first-order valence-corrected chi connectivity index (χ1v) is 8.85. The average Bonchev–Trinajstić information content (AvgIpc) is 2.81. The van der Waals surface area contributed by atoms with Gasteiger partial charge in [0.15, 0.2) is 0 Å². The molecule has 1 fully saturated rings. The molecule has 1 atom stereocenters. The van der Waals surface area contributed by atoms with E-state index in [-0.39, 0.29) is 5.75 Å². The van der Waals surface area contributed by atoms with Crippen molar-refractivity contribution in [3.8, 4) is 0 Å². The maximum Gasteiger partial charge on any atom is 0.150 e. The van der Waals surface area contributed by atoms with Crippen molar-refractivity contribution >= 4 is 9.84 Å². The number of hydrogen-bond donors (Lipinski definition) is 1. The van der Waals surface area contributed by atoms with Crippen LogP contribution in [0.2, 0.25) is 0 Å². The van der Waals surface area contributed by atoms with Gasteiger partial charge < -0.3 is 5.32 Å². The highest BCUT2D eigenvalue weighted by Crippen LogP contribution is 2.29. The highest BCUT2D eigenvalue weighted by molar-refractivity contribution is 7.91. The van der Waals surface area contributed by atoms with Crippen molar-refractivity contribution in [2.45, 2.75) is 58.4 Å². The number of rotatable bonds is 8. The predicted octanol–water partition coefficient (Wildman–Crippen LogP) is 2.37. The zero-order chi connectivity index (χ0) is 12.7. The molecule has 0 amide bonds. The minimum Gasteiger partial charge on any atom is -0.314 e. The fourth-order valence-electron chi connectivity index (χ4n) is 2.79. The van der Waals surface area contributed by atoms with E-state index in [9.17, 15) is 8.42 Å². The average molecular weight is 261 g/mol. The third kappa shape index (κ3) is 5.38. The van der Waals surface area contributed by atoms with Gasteiger partial charge in [-0.3, -0.25) is 0 Å². The Hall–Kier alpha value is -0.0900. The van der Waals surface area contributed by atoms with Crippen LogP contribution in [0.3, 0.4) is 0 Å². The number of nitrogens with one attached hydrogen (secondary N) is 1. The molecule has 1 rings (SSSR count). The third-order valence-electron chi connectivity index (χ3n) is 3.85. The summed E-state index contributed by atoms with van der Waals surface area (Å²) >= 11 is 0. The summed E-state index contributed by atoms with van der Waals surface area (Å²) in [4.78, 5) is 0. The highest BCUT2D eigenvalue weighted by Gasteiger charge is 2.24.